The quantitative estimate of drug-likeness (QED) is 0.191. The summed E-state index contributed by atoms with van der Waals surface area (Å²) < 4.78 is 0. The number of aryl methyl sites for hydroxylation is 1. The first-order valence-electron chi connectivity index (χ1n) is 15.8. The highest BCUT2D eigenvalue weighted by molar-refractivity contribution is 6.06. The first-order valence-corrected chi connectivity index (χ1v) is 15.8. The Morgan fingerprint density at radius 1 is 0.822 bits per heavy atom. The molecule has 5 aromatic rings. The Morgan fingerprint density at radius 3 is 2.27 bits per heavy atom. The molecule has 0 spiro atoms. The molecule has 3 atom stereocenters. The second kappa shape index (κ2) is 13.4. The number of carbonyl (C=O) groups excluding carboxylic acids is 3. The van der Waals surface area contributed by atoms with Gasteiger partial charge in [-0.3, -0.25) is 14.4 Å². The van der Waals surface area contributed by atoms with E-state index in [4.69, 9.17) is 0 Å². The molecule has 1 heterocycles. The lowest BCUT2D eigenvalue weighted by Crippen LogP contribution is -2.57. The number of nitrogens with one attached hydrogen (secondary N) is 3. The molecule has 1 aromatic heterocycles. The number of nitrogens with zero attached hydrogens (tertiary/aromatic N) is 1. The van der Waals surface area contributed by atoms with Gasteiger partial charge >= 0.3 is 0 Å². The number of aromatic nitrogens is 1. The Labute approximate surface area is 264 Å². The van der Waals surface area contributed by atoms with Crippen LogP contribution in [0.15, 0.2) is 97.2 Å². The van der Waals surface area contributed by atoms with Crippen molar-refractivity contribution in [2.75, 3.05) is 7.05 Å². The maximum Gasteiger partial charge on any atom is 0.253 e. The number of likely N-dealkylation sites (N-methyl/N-ethyl adjacent to an activating group) is 1. The van der Waals surface area contributed by atoms with Crippen LogP contribution in [0.4, 0.5) is 0 Å². The van der Waals surface area contributed by atoms with Crippen molar-refractivity contribution in [2.45, 2.75) is 63.6 Å². The van der Waals surface area contributed by atoms with Crippen molar-refractivity contribution in [3.63, 3.8) is 0 Å². The van der Waals surface area contributed by atoms with E-state index in [0.29, 0.717) is 12.0 Å². The second-order valence-electron chi connectivity index (χ2n) is 12.3. The number of carbonyl (C=O) groups is 3. The fraction of sp³-hybridized carbons (Fsp3) is 0.289. The molecule has 45 heavy (non-hydrogen) atoms. The van der Waals surface area contributed by atoms with Gasteiger partial charge in [0.05, 0.1) is 12.0 Å². The fourth-order valence-electron chi connectivity index (χ4n) is 6.43. The topological polar surface area (TPSA) is 94.3 Å². The van der Waals surface area contributed by atoms with Crippen molar-refractivity contribution in [3.05, 3.63) is 119 Å². The number of hydrogen-bond acceptors (Lipinski definition) is 3. The number of fused-ring (bicyclic) bond motifs is 2. The average molecular weight is 601 g/mol. The molecular weight excluding hydrogens is 560 g/mol. The Bertz CT molecular complexity index is 1830. The van der Waals surface area contributed by atoms with Crippen LogP contribution in [0.1, 0.15) is 52.7 Å². The van der Waals surface area contributed by atoms with Crippen LogP contribution in [0, 0.1) is 6.92 Å². The van der Waals surface area contributed by atoms with E-state index in [-0.39, 0.29) is 36.2 Å². The molecule has 0 aliphatic heterocycles. The highest BCUT2D eigenvalue weighted by atomic mass is 16.2. The Hall–Kier alpha value is -4.91. The van der Waals surface area contributed by atoms with Crippen LogP contribution in [0.3, 0.4) is 0 Å². The Kier molecular flexibility index (Phi) is 8.96. The number of hydrogen-bond donors (Lipinski definition) is 3. The third-order valence-electron chi connectivity index (χ3n) is 9.13. The molecule has 0 radical (unpaired) electrons. The Balaban J connectivity index is 1.21. The van der Waals surface area contributed by atoms with Crippen LogP contribution in [0.25, 0.3) is 21.7 Å². The zero-order valence-corrected chi connectivity index (χ0v) is 25.9. The van der Waals surface area contributed by atoms with E-state index in [1.165, 1.54) is 0 Å². The minimum absolute atomic E-state index is 0.118. The van der Waals surface area contributed by atoms with Gasteiger partial charge in [0.15, 0.2) is 0 Å². The zero-order chi connectivity index (χ0) is 31.3. The van der Waals surface area contributed by atoms with Gasteiger partial charge in [0.2, 0.25) is 11.8 Å². The van der Waals surface area contributed by atoms with Gasteiger partial charge in [-0.25, -0.2) is 0 Å². The van der Waals surface area contributed by atoms with Crippen molar-refractivity contribution >= 4 is 39.4 Å². The number of amides is 3. The van der Waals surface area contributed by atoms with Crippen molar-refractivity contribution in [1.29, 1.82) is 0 Å². The largest absolute Gasteiger partial charge is 0.360 e. The molecule has 0 bridgehead atoms. The van der Waals surface area contributed by atoms with Gasteiger partial charge in [-0.15, -0.1) is 0 Å². The zero-order valence-electron chi connectivity index (χ0n) is 25.9. The van der Waals surface area contributed by atoms with Gasteiger partial charge in [-0.2, -0.15) is 0 Å². The van der Waals surface area contributed by atoms with Crippen LogP contribution in [-0.2, 0) is 22.4 Å². The normalized spacial score (nSPS) is 17.1. The van der Waals surface area contributed by atoms with E-state index in [1.807, 2.05) is 73.7 Å². The van der Waals surface area contributed by atoms with Crippen LogP contribution in [-0.4, -0.2) is 52.8 Å². The number of H-pyrrole nitrogens is 1. The standard InChI is InChI=1S/C38H40N4O3/c1-25-15-17-26(18-16-25)23-36(43)42(2)35(22-27-19-20-28-9-3-4-10-29(28)21-27)38(45)41-34-14-8-7-13-33(34)40-37(44)31-24-39-32-12-6-5-11-30(31)32/h3-6,9-12,15-21,24,33-35,39H,7-8,13-14,22-23H2,1-2H3,(H,40,44)(H,41,45)/t33-,34+,35+/m0/s1. The molecule has 4 aromatic carbocycles. The Morgan fingerprint density at radius 2 is 1.49 bits per heavy atom. The van der Waals surface area contributed by atoms with Crippen LogP contribution < -0.4 is 10.6 Å². The summed E-state index contributed by atoms with van der Waals surface area (Å²) in [5.74, 6) is -0.481. The summed E-state index contributed by atoms with van der Waals surface area (Å²) in [7, 11) is 1.72. The predicted octanol–water partition coefficient (Wildman–Crippen LogP) is 6.10. The van der Waals surface area contributed by atoms with Crippen LogP contribution >= 0.6 is 0 Å². The molecule has 3 N–H and O–H groups in total. The van der Waals surface area contributed by atoms with Crippen LogP contribution in [0.2, 0.25) is 0 Å². The lowest BCUT2D eigenvalue weighted by atomic mass is 9.89. The van der Waals surface area contributed by atoms with Gasteiger partial charge in [0.1, 0.15) is 6.04 Å². The summed E-state index contributed by atoms with van der Waals surface area (Å²) in [5.41, 5.74) is 4.53. The van der Waals surface area contributed by atoms with Gasteiger partial charge in [-0.1, -0.05) is 103 Å². The smallest absolute Gasteiger partial charge is 0.253 e. The van der Waals surface area contributed by atoms with E-state index >= 15 is 0 Å². The molecule has 1 saturated carbocycles. The van der Waals surface area contributed by atoms with Crippen molar-refractivity contribution in [3.8, 4) is 0 Å². The SMILES string of the molecule is Cc1ccc(CC(=O)N(C)[C@H](Cc2ccc3ccccc3c2)C(=O)N[C@@H]2CCCC[C@@H]2NC(=O)c2c[nH]c3ccccc23)cc1. The first kappa shape index (κ1) is 30.1. The lowest BCUT2D eigenvalue weighted by Gasteiger charge is -2.35. The molecular formula is C38H40N4O3. The predicted molar refractivity (Wildman–Crippen MR) is 179 cm³/mol. The van der Waals surface area contributed by atoms with E-state index in [9.17, 15) is 14.4 Å². The summed E-state index contributed by atoms with van der Waals surface area (Å²) >= 11 is 0. The minimum atomic E-state index is -0.712. The maximum absolute atomic E-state index is 14.1. The van der Waals surface area contributed by atoms with E-state index in [2.05, 4.69) is 39.9 Å². The molecule has 6 rings (SSSR count). The molecule has 0 saturated heterocycles. The third-order valence-corrected chi connectivity index (χ3v) is 9.13. The van der Waals surface area contributed by atoms with Crippen molar-refractivity contribution in [1.82, 2.24) is 20.5 Å². The summed E-state index contributed by atoms with van der Waals surface area (Å²) in [5, 5.41) is 9.57. The van der Waals surface area contributed by atoms with Gasteiger partial charge in [0, 0.05) is 42.7 Å². The van der Waals surface area contributed by atoms with Crippen molar-refractivity contribution < 1.29 is 14.4 Å². The van der Waals surface area contributed by atoms with Gasteiger partial charge in [-0.05, 0) is 47.7 Å². The van der Waals surface area contributed by atoms with E-state index in [0.717, 1.165) is 64.0 Å². The summed E-state index contributed by atoms with van der Waals surface area (Å²) in [6.45, 7) is 2.02. The number of rotatable bonds is 9. The van der Waals surface area contributed by atoms with Crippen LogP contribution in [0.5, 0.6) is 0 Å². The molecule has 1 fully saturated rings. The number of benzene rings is 4. The summed E-state index contributed by atoms with van der Waals surface area (Å²) in [6, 6.07) is 28.8. The van der Waals surface area contributed by atoms with Gasteiger partial charge < -0.3 is 20.5 Å². The summed E-state index contributed by atoms with van der Waals surface area (Å²) in [6.07, 6.45) is 5.80. The highest BCUT2D eigenvalue weighted by Gasteiger charge is 2.33. The molecule has 1 aliphatic rings. The van der Waals surface area contributed by atoms with Gasteiger partial charge in [0.25, 0.3) is 5.91 Å². The monoisotopic (exact) mass is 600 g/mol. The fourth-order valence-corrected chi connectivity index (χ4v) is 6.43. The van der Waals surface area contributed by atoms with Crippen molar-refractivity contribution in [2.24, 2.45) is 0 Å². The molecule has 1 aliphatic carbocycles. The van der Waals surface area contributed by atoms with E-state index < -0.39 is 6.04 Å². The number of aromatic amines is 1. The second-order valence-corrected chi connectivity index (χ2v) is 12.3. The third kappa shape index (κ3) is 6.93. The first-order chi connectivity index (χ1) is 21.9. The molecule has 230 valence electrons. The molecule has 7 nitrogen and oxygen atoms in total. The van der Waals surface area contributed by atoms with E-state index in [1.54, 1.807) is 18.1 Å². The maximum atomic E-state index is 14.1. The highest BCUT2D eigenvalue weighted by Crippen LogP contribution is 2.23. The average Bonchev–Trinajstić information content (AvgIpc) is 3.49. The molecule has 0 unspecified atom stereocenters. The number of para-hydroxylation sites is 1. The molecule has 7 heteroatoms. The lowest BCUT2D eigenvalue weighted by molar-refractivity contribution is -0.139. The summed E-state index contributed by atoms with van der Waals surface area (Å²) in [4.78, 5) is 45.9. The molecule has 3 amide bonds. The minimum Gasteiger partial charge on any atom is -0.360 e.